The van der Waals surface area contributed by atoms with Crippen LogP contribution in [0.25, 0.3) is 0 Å². The first kappa shape index (κ1) is 11.8. The summed E-state index contributed by atoms with van der Waals surface area (Å²) in [6.45, 7) is 0. The van der Waals surface area contributed by atoms with Gasteiger partial charge in [-0.05, 0) is 49.7 Å². The van der Waals surface area contributed by atoms with Crippen molar-refractivity contribution in [2.24, 2.45) is 23.5 Å². The number of hydrogen-bond acceptors (Lipinski definition) is 3. The Morgan fingerprint density at radius 1 is 1.24 bits per heavy atom. The van der Waals surface area contributed by atoms with Crippen LogP contribution >= 0.6 is 11.8 Å². The van der Waals surface area contributed by atoms with Gasteiger partial charge in [0.1, 0.15) is 0 Å². The summed E-state index contributed by atoms with van der Waals surface area (Å²) in [7, 11) is 0. The highest BCUT2D eigenvalue weighted by Crippen LogP contribution is 2.47. The van der Waals surface area contributed by atoms with E-state index in [0.29, 0.717) is 17.9 Å². The van der Waals surface area contributed by atoms with E-state index in [2.05, 4.69) is 5.32 Å². The van der Waals surface area contributed by atoms with Crippen molar-refractivity contribution >= 4 is 17.7 Å². The van der Waals surface area contributed by atoms with Gasteiger partial charge in [0, 0.05) is 17.8 Å². The van der Waals surface area contributed by atoms with Crippen LogP contribution in [-0.2, 0) is 4.79 Å². The van der Waals surface area contributed by atoms with Gasteiger partial charge in [0.15, 0.2) is 0 Å². The van der Waals surface area contributed by atoms with Gasteiger partial charge in [-0.2, -0.15) is 11.8 Å². The molecule has 0 aromatic carbocycles. The van der Waals surface area contributed by atoms with Gasteiger partial charge in [0.2, 0.25) is 5.91 Å². The summed E-state index contributed by atoms with van der Waals surface area (Å²) < 4.78 is 0. The fourth-order valence-corrected chi connectivity index (χ4v) is 4.95. The molecule has 3 rings (SSSR count). The molecule has 2 saturated carbocycles. The minimum atomic E-state index is 0.112. The zero-order chi connectivity index (χ0) is 11.8. The number of fused-ring (bicyclic) bond motifs is 2. The zero-order valence-corrected chi connectivity index (χ0v) is 11.0. The van der Waals surface area contributed by atoms with Crippen molar-refractivity contribution in [2.45, 2.75) is 44.2 Å². The van der Waals surface area contributed by atoms with Gasteiger partial charge in [-0.1, -0.05) is 0 Å². The molecule has 2 aliphatic carbocycles. The molecular formula is C13H22N2OS. The Labute approximate surface area is 107 Å². The van der Waals surface area contributed by atoms with Crippen molar-refractivity contribution in [2.75, 3.05) is 11.5 Å². The van der Waals surface area contributed by atoms with Gasteiger partial charge in [0.25, 0.3) is 0 Å². The van der Waals surface area contributed by atoms with Crippen LogP contribution in [0.4, 0.5) is 0 Å². The highest BCUT2D eigenvalue weighted by atomic mass is 32.2. The summed E-state index contributed by atoms with van der Waals surface area (Å²) in [5.74, 6) is 3.89. The van der Waals surface area contributed by atoms with Gasteiger partial charge in [0.05, 0.1) is 5.92 Å². The second-order valence-electron chi connectivity index (χ2n) is 5.86. The standard InChI is InChI=1S/C13H22N2OS/c14-12-9-4-3-8(6-9)11(12)13(16)15-10-2-1-5-17-7-10/h8-12H,1-7,14H2,(H,15,16). The number of carbonyl (C=O) groups is 1. The van der Waals surface area contributed by atoms with Crippen molar-refractivity contribution in [1.82, 2.24) is 5.32 Å². The molecule has 0 spiro atoms. The van der Waals surface area contributed by atoms with E-state index >= 15 is 0 Å². The molecule has 3 nitrogen and oxygen atoms in total. The van der Waals surface area contributed by atoms with Crippen LogP contribution in [0.5, 0.6) is 0 Å². The second-order valence-corrected chi connectivity index (χ2v) is 7.01. The number of hydrogen-bond donors (Lipinski definition) is 2. The van der Waals surface area contributed by atoms with Crippen molar-refractivity contribution in [3.05, 3.63) is 0 Å². The predicted molar refractivity (Wildman–Crippen MR) is 70.8 cm³/mol. The smallest absolute Gasteiger partial charge is 0.225 e. The molecule has 3 N–H and O–H groups in total. The van der Waals surface area contributed by atoms with Gasteiger partial charge in [-0.3, -0.25) is 4.79 Å². The lowest BCUT2D eigenvalue weighted by Gasteiger charge is -2.30. The molecule has 2 bridgehead atoms. The van der Waals surface area contributed by atoms with Crippen LogP contribution in [0.1, 0.15) is 32.1 Å². The van der Waals surface area contributed by atoms with E-state index in [4.69, 9.17) is 5.73 Å². The minimum absolute atomic E-state index is 0.112. The van der Waals surface area contributed by atoms with E-state index < -0.39 is 0 Å². The maximum atomic E-state index is 12.3. The molecule has 0 aromatic heterocycles. The van der Waals surface area contributed by atoms with Crippen molar-refractivity contribution < 1.29 is 4.79 Å². The molecule has 1 saturated heterocycles. The van der Waals surface area contributed by atoms with Crippen molar-refractivity contribution in [3.63, 3.8) is 0 Å². The maximum absolute atomic E-state index is 12.3. The average Bonchev–Trinajstić information content (AvgIpc) is 2.90. The fraction of sp³-hybridized carbons (Fsp3) is 0.923. The SMILES string of the molecule is NC1C2CCC(C2)C1C(=O)NC1CCCSC1. The number of amides is 1. The van der Waals surface area contributed by atoms with E-state index in [1.165, 1.54) is 31.4 Å². The number of nitrogens with one attached hydrogen (secondary N) is 1. The predicted octanol–water partition coefficient (Wildman–Crippen LogP) is 1.37. The second kappa shape index (κ2) is 4.81. The summed E-state index contributed by atoms with van der Waals surface area (Å²) >= 11 is 1.96. The first-order valence-electron chi connectivity index (χ1n) is 6.89. The monoisotopic (exact) mass is 254 g/mol. The molecule has 0 aromatic rings. The molecule has 1 heterocycles. The Hall–Kier alpha value is -0.220. The first-order valence-corrected chi connectivity index (χ1v) is 8.05. The van der Waals surface area contributed by atoms with Crippen molar-refractivity contribution in [3.8, 4) is 0 Å². The van der Waals surface area contributed by atoms with Gasteiger partial charge in [-0.25, -0.2) is 0 Å². The molecule has 5 atom stereocenters. The van der Waals surface area contributed by atoms with Gasteiger partial charge >= 0.3 is 0 Å². The van der Waals surface area contributed by atoms with Crippen LogP contribution in [0.15, 0.2) is 0 Å². The first-order chi connectivity index (χ1) is 8.25. The summed E-state index contributed by atoms with van der Waals surface area (Å²) in [6, 6.07) is 0.526. The number of carbonyl (C=O) groups excluding carboxylic acids is 1. The molecule has 4 heteroatoms. The van der Waals surface area contributed by atoms with E-state index in [-0.39, 0.29) is 17.9 Å². The van der Waals surface area contributed by atoms with Crippen LogP contribution < -0.4 is 11.1 Å². The molecule has 96 valence electrons. The van der Waals surface area contributed by atoms with E-state index in [0.717, 1.165) is 12.2 Å². The Bertz CT molecular complexity index is 302. The summed E-state index contributed by atoms with van der Waals surface area (Å²) in [6.07, 6.45) is 6.04. The molecule has 17 heavy (non-hydrogen) atoms. The quantitative estimate of drug-likeness (QED) is 0.782. The van der Waals surface area contributed by atoms with Crippen molar-refractivity contribution in [1.29, 1.82) is 0 Å². The Balaban J connectivity index is 1.58. The summed E-state index contributed by atoms with van der Waals surface area (Å²) in [5, 5.41) is 3.24. The van der Waals surface area contributed by atoms with E-state index in [9.17, 15) is 4.79 Å². The molecule has 1 aliphatic heterocycles. The molecule has 5 unspecified atom stereocenters. The third kappa shape index (κ3) is 2.22. The lowest BCUT2D eigenvalue weighted by molar-refractivity contribution is -0.127. The topological polar surface area (TPSA) is 55.1 Å². The highest BCUT2D eigenvalue weighted by molar-refractivity contribution is 7.99. The Morgan fingerprint density at radius 2 is 2.06 bits per heavy atom. The lowest BCUT2D eigenvalue weighted by Crippen LogP contribution is -2.49. The van der Waals surface area contributed by atoms with Crippen LogP contribution in [-0.4, -0.2) is 29.5 Å². The largest absolute Gasteiger partial charge is 0.352 e. The van der Waals surface area contributed by atoms with Crippen LogP contribution in [0, 0.1) is 17.8 Å². The van der Waals surface area contributed by atoms with E-state index in [1.54, 1.807) is 0 Å². The molecule has 1 amide bonds. The molecule has 3 aliphatic rings. The zero-order valence-electron chi connectivity index (χ0n) is 10.2. The van der Waals surface area contributed by atoms with Crippen LogP contribution in [0.3, 0.4) is 0 Å². The summed E-state index contributed by atoms with van der Waals surface area (Å²) in [4.78, 5) is 12.3. The minimum Gasteiger partial charge on any atom is -0.352 e. The fourth-order valence-electron chi connectivity index (χ4n) is 3.88. The van der Waals surface area contributed by atoms with Crippen LogP contribution in [0.2, 0.25) is 0 Å². The highest BCUT2D eigenvalue weighted by Gasteiger charge is 2.49. The van der Waals surface area contributed by atoms with E-state index in [1.807, 2.05) is 11.8 Å². The lowest BCUT2D eigenvalue weighted by atomic mass is 9.84. The average molecular weight is 254 g/mol. The normalized spacial score (nSPS) is 44.9. The Morgan fingerprint density at radius 3 is 2.71 bits per heavy atom. The number of nitrogens with two attached hydrogens (primary N) is 1. The summed E-state index contributed by atoms with van der Waals surface area (Å²) in [5.41, 5.74) is 6.20. The maximum Gasteiger partial charge on any atom is 0.225 e. The third-order valence-corrected chi connectivity index (χ3v) is 6.01. The number of rotatable bonds is 2. The molecule has 0 radical (unpaired) electrons. The molecular weight excluding hydrogens is 232 g/mol. The van der Waals surface area contributed by atoms with Gasteiger partial charge < -0.3 is 11.1 Å². The Kier molecular flexibility index (Phi) is 3.35. The van der Waals surface area contributed by atoms with Gasteiger partial charge in [-0.15, -0.1) is 0 Å². The molecule has 3 fully saturated rings. The number of thioether (sulfide) groups is 1. The third-order valence-electron chi connectivity index (χ3n) is 4.79.